The Balaban J connectivity index is 0.000000243. The van der Waals surface area contributed by atoms with Crippen LogP contribution in [-0.4, -0.2) is 33.5 Å². The summed E-state index contributed by atoms with van der Waals surface area (Å²) in [5.41, 5.74) is 1.03. The molecule has 0 saturated heterocycles. The first-order valence-corrected chi connectivity index (χ1v) is 6.70. The van der Waals surface area contributed by atoms with Gasteiger partial charge in [0.25, 0.3) is 0 Å². The average Bonchev–Trinajstić information content (AvgIpc) is 2.64. The predicted octanol–water partition coefficient (Wildman–Crippen LogP) is 3.33. The van der Waals surface area contributed by atoms with Crippen molar-refractivity contribution in [2.24, 2.45) is 9.98 Å². The lowest BCUT2D eigenvalue weighted by Crippen LogP contribution is -1.86. The fourth-order valence-electron chi connectivity index (χ4n) is 1.64. The van der Waals surface area contributed by atoms with Gasteiger partial charge in [-0.15, -0.1) is 0 Å². The second-order valence-corrected chi connectivity index (χ2v) is 4.14. The molecule has 0 radical (unpaired) electrons. The number of ether oxygens (including phenoxy) is 3. The van der Waals surface area contributed by atoms with E-state index in [1.165, 1.54) is 19.3 Å². The molecule has 0 saturated carbocycles. The molecule has 0 heterocycles. The average molecular weight is 328 g/mol. The molecule has 124 valence electrons. The number of hydrogen-bond donors (Lipinski definition) is 0. The molecule has 0 aliphatic carbocycles. The molecule has 7 heteroatoms. The SMILES string of the molecule is COc1ccc(N=C=O)c(OC)c1.COc1ccc(N=C=O)cc1. The molecule has 0 atom stereocenters. The van der Waals surface area contributed by atoms with Gasteiger partial charge in [0.05, 0.1) is 27.0 Å². The number of hydrogen-bond acceptors (Lipinski definition) is 7. The summed E-state index contributed by atoms with van der Waals surface area (Å²) in [4.78, 5) is 26.7. The highest BCUT2D eigenvalue weighted by molar-refractivity contribution is 5.59. The molecule has 0 N–H and O–H groups in total. The van der Waals surface area contributed by atoms with Gasteiger partial charge in [-0.1, -0.05) is 0 Å². The van der Waals surface area contributed by atoms with Crippen molar-refractivity contribution in [2.75, 3.05) is 21.3 Å². The minimum absolute atomic E-state index is 0.443. The molecule has 0 spiro atoms. The number of carbonyl (C=O) groups excluding carboxylic acids is 2. The smallest absolute Gasteiger partial charge is 0.240 e. The van der Waals surface area contributed by atoms with Crippen LogP contribution in [-0.2, 0) is 9.59 Å². The van der Waals surface area contributed by atoms with Crippen LogP contribution in [0.4, 0.5) is 11.4 Å². The van der Waals surface area contributed by atoms with Crippen LogP contribution in [0.5, 0.6) is 17.2 Å². The lowest BCUT2D eigenvalue weighted by molar-refractivity contribution is 0.395. The molecule has 24 heavy (non-hydrogen) atoms. The zero-order valence-corrected chi connectivity index (χ0v) is 13.5. The monoisotopic (exact) mass is 328 g/mol. The van der Waals surface area contributed by atoms with E-state index in [-0.39, 0.29) is 0 Å². The summed E-state index contributed by atoms with van der Waals surface area (Å²) in [5.74, 6) is 1.89. The van der Waals surface area contributed by atoms with Crippen LogP contribution >= 0.6 is 0 Å². The molecule has 7 nitrogen and oxygen atoms in total. The Labute approximate surface area is 139 Å². The highest BCUT2D eigenvalue weighted by atomic mass is 16.5. The van der Waals surface area contributed by atoms with Crippen LogP contribution in [0.1, 0.15) is 0 Å². The molecule has 2 aromatic rings. The van der Waals surface area contributed by atoms with E-state index in [9.17, 15) is 9.59 Å². The molecule has 2 rings (SSSR count). The predicted molar refractivity (Wildman–Crippen MR) is 88.1 cm³/mol. The van der Waals surface area contributed by atoms with Gasteiger partial charge in [-0.3, -0.25) is 0 Å². The summed E-state index contributed by atoms with van der Waals surface area (Å²) >= 11 is 0. The van der Waals surface area contributed by atoms with Crippen molar-refractivity contribution in [1.82, 2.24) is 0 Å². The van der Waals surface area contributed by atoms with Gasteiger partial charge >= 0.3 is 0 Å². The van der Waals surface area contributed by atoms with Gasteiger partial charge in [0.15, 0.2) is 0 Å². The number of nitrogens with zero attached hydrogens (tertiary/aromatic N) is 2. The summed E-state index contributed by atoms with van der Waals surface area (Å²) in [6, 6.07) is 11.8. The molecule has 0 aromatic heterocycles. The van der Waals surface area contributed by atoms with Crippen molar-refractivity contribution in [2.45, 2.75) is 0 Å². The van der Waals surface area contributed by atoms with Gasteiger partial charge < -0.3 is 14.2 Å². The van der Waals surface area contributed by atoms with Crippen LogP contribution in [0, 0.1) is 0 Å². The van der Waals surface area contributed by atoms with Crippen molar-refractivity contribution < 1.29 is 23.8 Å². The van der Waals surface area contributed by atoms with E-state index < -0.39 is 0 Å². The van der Waals surface area contributed by atoms with Gasteiger partial charge in [0.1, 0.15) is 22.9 Å². The molecule has 0 aliphatic rings. The number of isocyanates is 2. The summed E-state index contributed by atoms with van der Waals surface area (Å²) in [6.07, 6.45) is 2.91. The molecule has 0 bridgehead atoms. The highest BCUT2D eigenvalue weighted by Crippen LogP contribution is 2.30. The van der Waals surface area contributed by atoms with E-state index in [0.29, 0.717) is 22.9 Å². The lowest BCUT2D eigenvalue weighted by atomic mass is 10.3. The second kappa shape index (κ2) is 10.3. The Kier molecular flexibility index (Phi) is 8.04. The van der Waals surface area contributed by atoms with Gasteiger partial charge in [0.2, 0.25) is 12.2 Å². The van der Waals surface area contributed by atoms with Crippen LogP contribution < -0.4 is 14.2 Å². The first-order valence-electron chi connectivity index (χ1n) is 6.70. The van der Waals surface area contributed by atoms with E-state index in [1.807, 2.05) is 0 Å². The normalized spacial score (nSPS) is 8.62. The summed E-state index contributed by atoms with van der Waals surface area (Å²) < 4.78 is 14.9. The van der Waals surface area contributed by atoms with Crippen LogP contribution in [0.3, 0.4) is 0 Å². The van der Waals surface area contributed by atoms with E-state index in [1.54, 1.807) is 56.7 Å². The Hall–Kier alpha value is -3.40. The van der Waals surface area contributed by atoms with Crippen LogP contribution in [0.15, 0.2) is 52.4 Å². The standard InChI is InChI=1S/C9H9NO3.C8H7NO2/c1-12-7-3-4-8(10-6-11)9(5-7)13-2;1-11-8-4-2-7(3-5-8)9-6-10/h3-5H,1-2H3;2-5H,1H3. The van der Waals surface area contributed by atoms with Crippen molar-refractivity contribution in [3.05, 3.63) is 42.5 Å². The molecular weight excluding hydrogens is 312 g/mol. The molecule has 0 fully saturated rings. The number of rotatable bonds is 5. The fraction of sp³-hybridized carbons (Fsp3) is 0.176. The van der Waals surface area contributed by atoms with E-state index in [0.717, 1.165) is 5.75 Å². The first-order chi connectivity index (χ1) is 11.7. The maximum absolute atomic E-state index is 10.0. The van der Waals surface area contributed by atoms with Crippen LogP contribution in [0.2, 0.25) is 0 Å². The Morgan fingerprint density at radius 1 is 0.750 bits per heavy atom. The highest BCUT2D eigenvalue weighted by Gasteiger charge is 2.02. The molecule has 0 aliphatic heterocycles. The largest absolute Gasteiger partial charge is 0.497 e. The molecule has 0 unspecified atom stereocenters. The van der Waals surface area contributed by atoms with Crippen molar-refractivity contribution >= 4 is 23.5 Å². The van der Waals surface area contributed by atoms with Crippen molar-refractivity contribution in [1.29, 1.82) is 0 Å². The topological polar surface area (TPSA) is 86.6 Å². The zero-order chi connectivity index (χ0) is 17.8. The van der Waals surface area contributed by atoms with Crippen molar-refractivity contribution in [3.63, 3.8) is 0 Å². The minimum Gasteiger partial charge on any atom is -0.497 e. The maximum Gasteiger partial charge on any atom is 0.240 e. The third kappa shape index (κ3) is 5.77. The fourth-order valence-corrected chi connectivity index (χ4v) is 1.64. The van der Waals surface area contributed by atoms with E-state index in [4.69, 9.17) is 14.2 Å². The van der Waals surface area contributed by atoms with Gasteiger partial charge in [0, 0.05) is 6.07 Å². The minimum atomic E-state index is 0.443. The zero-order valence-electron chi connectivity index (χ0n) is 13.5. The second-order valence-electron chi connectivity index (χ2n) is 4.14. The third-order valence-corrected chi connectivity index (χ3v) is 2.80. The van der Waals surface area contributed by atoms with E-state index in [2.05, 4.69) is 9.98 Å². The summed E-state index contributed by atoms with van der Waals surface area (Å²) in [5, 5.41) is 0. The Morgan fingerprint density at radius 2 is 1.33 bits per heavy atom. The maximum atomic E-state index is 10.0. The van der Waals surface area contributed by atoms with Crippen LogP contribution in [0.25, 0.3) is 0 Å². The Morgan fingerprint density at radius 3 is 1.83 bits per heavy atom. The summed E-state index contributed by atoms with van der Waals surface area (Å²) in [7, 11) is 4.63. The number of benzene rings is 2. The molecule has 0 amide bonds. The Bertz CT molecular complexity index is 746. The molecule has 2 aromatic carbocycles. The lowest BCUT2D eigenvalue weighted by Gasteiger charge is -2.05. The van der Waals surface area contributed by atoms with E-state index >= 15 is 0 Å². The van der Waals surface area contributed by atoms with Gasteiger partial charge in [-0.25, -0.2) is 9.59 Å². The quantitative estimate of drug-likeness (QED) is 0.620. The number of aliphatic imine (C=N–C) groups is 2. The third-order valence-electron chi connectivity index (χ3n) is 2.80. The number of methoxy groups -OCH3 is 3. The molecular formula is C17H16N2O5. The van der Waals surface area contributed by atoms with Gasteiger partial charge in [-0.05, 0) is 36.4 Å². The van der Waals surface area contributed by atoms with Gasteiger partial charge in [-0.2, -0.15) is 9.98 Å². The summed E-state index contributed by atoms with van der Waals surface area (Å²) in [6.45, 7) is 0. The first kappa shape index (κ1) is 18.6. The van der Waals surface area contributed by atoms with Crippen molar-refractivity contribution in [3.8, 4) is 17.2 Å².